The molecule has 0 unspecified atom stereocenters. The van der Waals surface area contributed by atoms with Crippen LogP contribution >= 0.6 is 11.6 Å². The molecule has 0 saturated heterocycles. The van der Waals surface area contributed by atoms with E-state index in [0.29, 0.717) is 11.3 Å². The summed E-state index contributed by atoms with van der Waals surface area (Å²) in [5, 5.41) is 8.97. The second-order valence-electron chi connectivity index (χ2n) is 3.18. The van der Waals surface area contributed by atoms with E-state index in [9.17, 15) is 4.79 Å². The van der Waals surface area contributed by atoms with Crippen molar-refractivity contribution in [3.05, 3.63) is 28.8 Å². The third-order valence-corrected chi connectivity index (χ3v) is 2.47. The zero-order valence-corrected chi connectivity index (χ0v) is 10.4. The SMILES string of the molecule is CCOC(=O)c1cc(CCl)c(OC)cc1C#N. The summed E-state index contributed by atoms with van der Waals surface area (Å²) in [6, 6.07) is 4.96. The molecule has 1 rings (SSSR count). The highest BCUT2D eigenvalue weighted by atomic mass is 35.5. The summed E-state index contributed by atoms with van der Waals surface area (Å²) >= 11 is 5.75. The van der Waals surface area contributed by atoms with Crippen molar-refractivity contribution < 1.29 is 14.3 Å². The molecule has 0 atom stereocenters. The lowest BCUT2D eigenvalue weighted by molar-refractivity contribution is 0.0526. The molecule has 17 heavy (non-hydrogen) atoms. The largest absolute Gasteiger partial charge is 0.496 e. The van der Waals surface area contributed by atoms with Crippen LogP contribution in [0.1, 0.15) is 28.4 Å². The second kappa shape index (κ2) is 6.12. The minimum atomic E-state index is -0.530. The number of rotatable bonds is 4. The average Bonchev–Trinajstić information content (AvgIpc) is 2.37. The van der Waals surface area contributed by atoms with Crippen LogP contribution in [0.4, 0.5) is 0 Å². The van der Waals surface area contributed by atoms with E-state index in [4.69, 9.17) is 26.3 Å². The molecule has 0 radical (unpaired) electrons. The molecule has 0 aliphatic carbocycles. The first kappa shape index (κ1) is 13.3. The highest BCUT2D eigenvalue weighted by Gasteiger charge is 2.16. The van der Waals surface area contributed by atoms with Crippen LogP contribution in [0.5, 0.6) is 5.75 Å². The molecule has 1 aromatic rings. The van der Waals surface area contributed by atoms with Gasteiger partial charge in [0.2, 0.25) is 0 Å². The number of nitriles is 1. The van der Waals surface area contributed by atoms with Gasteiger partial charge in [-0.3, -0.25) is 0 Å². The zero-order chi connectivity index (χ0) is 12.8. The average molecular weight is 254 g/mol. The standard InChI is InChI=1S/C12H12ClNO3/c1-3-17-12(15)10-4-8(6-13)11(16-2)5-9(10)7-14/h4-5H,3,6H2,1-2H3. The Balaban J connectivity index is 3.29. The number of esters is 1. The first-order valence-corrected chi connectivity index (χ1v) is 5.55. The molecule has 0 amide bonds. The molecule has 0 spiro atoms. The highest BCUT2D eigenvalue weighted by Crippen LogP contribution is 2.25. The van der Waals surface area contributed by atoms with Crippen molar-refractivity contribution in [2.45, 2.75) is 12.8 Å². The lowest BCUT2D eigenvalue weighted by Crippen LogP contribution is -2.08. The van der Waals surface area contributed by atoms with Crippen molar-refractivity contribution >= 4 is 17.6 Å². The van der Waals surface area contributed by atoms with E-state index >= 15 is 0 Å². The predicted molar refractivity (Wildman–Crippen MR) is 63.2 cm³/mol. The molecular formula is C12H12ClNO3. The third kappa shape index (κ3) is 2.89. The van der Waals surface area contributed by atoms with Gasteiger partial charge < -0.3 is 9.47 Å². The Morgan fingerprint density at radius 2 is 2.24 bits per heavy atom. The van der Waals surface area contributed by atoms with Crippen LogP contribution in [0.15, 0.2) is 12.1 Å². The number of ether oxygens (including phenoxy) is 2. The number of hydrogen-bond donors (Lipinski definition) is 0. The topological polar surface area (TPSA) is 59.3 Å². The first-order chi connectivity index (χ1) is 8.17. The minimum absolute atomic E-state index is 0.196. The van der Waals surface area contributed by atoms with Crippen LogP contribution in [-0.4, -0.2) is 19.7 Å². The van der Waals surface area contributed by atoms with E-state index in [1.54, 1.807) is 6.92 Å². The van der Waals surface area contributed by atoms with Gasteiger partial charge in [-0.15, -0.1) is 11.6 Å². The molecule has 1 aromatic carbocycles. The number of methoxy groups -OCH3 is 1. The van der Waals surface area contributed by atoms with Crippen molar-refractivity contribution in [1.29, 1.82) is 5.26 Å². The van der Waals surface area contributed by atoms with Crippen molar-refractivity contribution in [1.82, 2.24) is 0 Å². The van der Waals surface area contributed by atoms with Crippen molar-refractivity contribution in [3.63, 3.8) is 0 Å². The number of alkyl halides is 1. The Hall–Kier alpha value is -1.73. The monoisotopic (exact) mass is 253 g/mol. The lowest BCUT2D eigenvalue weighted by atomic mass is 10.0. The number of carbonyl (C=O) groups is 1. The van der Waals surface area contributed by atoms with Gasteiger partial charge >= 0.3 is 5.97 Å². The second-order valence-corrected chi connectivity index (χ2v) is 3.44. The molecular weight excluding hydrogens is 242 g/mol. The fraction of sp³-hybridized carbons (Fsp3) is 0.333. The highest BCUT2D eigenvalue weighted by molar-refractivity contribution is 6.17. The van der Waals surface area contributed by atoms with Crippen LogP contribution in [-0.2, 0) is 10.6 Å². The summed E-state index contributed by atoms with van der Waals surface area (Å²) in [5.41, 5.74) is 1.08. The molecule has 0 fully saturated rings. The van der Waals surface area contributed by atoms with Crippen LogP contribution in [0.3, 0.4) is 0 Å². The van der Waals surface area contributed by atoms with Crippen LogP contribution in [0.25, 0.3) is 0 Å². The number of nitrogens with zero attached hydrogens (tertiary/aromatic N) is 1. The molecule has 0 N–H and O–H groups in total. The summed E-state index contributed by atoms with van der Waals surface area (Å²) < 4.78 is 9.96. The van der Waals surface area contributed by atoms with Crippen LogP contribution < -0.4 is 4.74 Å². The van der Waals surface area contributed by atoms with Gasteiger partial charge in [0, 0.05) is 5.56 Å². The Morgan fingerprint density at radius 1 is 1.53 bits per heavy atom. The summed E-state index contributed by atoms with van der Waals surface area (Å²) in [4.78, 5) is 11.6. The van der Waals surface area contributed by atoms with Crippen molar-refractivity contribution in [2.75, 3.05) is 13.7 Å². The number of benzene rings is 1. The van der Waals surface area contributed by atoms with Crippen molar-refractivity contribution in [3.8, 4) is 11.8 Å². The Bertz CT molecular complexity index is 466. The lowest BCUT2D eigenvalue weighted by Gasteiger charge is -2.10. The molecule has 0 saturated carbocycles. The van der Waals surface area contributed by atoms with Gasteiger partial charge in [-0.1, -0.05) is 0 Å². The van der Waals surface area contributed by atoms with E-state index in [2.05, 4.69) is 0 Å². The normalized spacial score (nSPS) is 9.53. The third-order valence-electron chi connectivity index (χ3n) is 2.18. The smallest absolute Gasteiger partial charge is 0.339 e. The van der Waals surface area contributed by atoms with Gasteiger partial charge in [0.15, 0.2) is 0 Å². The summed E-state index contributed by atoms with van der Waals surface area (Å²) in [5.74, 6) is 0.157. The van der Waals surface area contributed by atoms with E-state index in [-0.39, 0.29) is 23.6 Å². The van der Waals surface area contributed by atoms with Gasteiger partial charge in [-0.05, 0) is 19.1 Å². The summed E-state index contributed by atoms with van der Waals surface area (Å²) in [6.45, 7) is 1.96. The Morgan fingerprint density at radius 3 is 2.71 bits per heavy atom. The van der Waals surface area contributed by atoms with Crippen molar-refractivity contribution in [2.24, 2.45) is 0 Å². The maximum atomic E-state index is 11.6. The van der Waals surface area contributed by atoms with Gasteiger partial charge in [-0.25, -0.2) is 4.79 Å². The first-order valence-electron chi connectivity index (χ1n) is 5.02. The fourth-order valence-corrected chi connectivity index (χ4v) is 1.60. The Labute approximate surface area is 105 Å². The molecule has 90 valence electrons. The van der Waals surface area contributed by atoms with E-state index in [0.717, 1.165) is 0 Å². The maximum Gasteiger partial charge on any atom is 0.339 e. The van der Waals surface area contributed by atoms with Gasteiger partial charge in [0.25, 0.3) is 0 Å². The number of halogens is 1. The van der Waals surface area contributed by atoms with E-state index in [1.807, 2.05) is 6.07 Å². The van der Waals surface area contributed by atoms with Crippen LogP contribution in [0.2, 0.25) is 0 Å². The van der Waals surface area contributed by atoms with Crippen LogP contribution in [0, 0.1) is 11.3 Å². The fourth-order valence-electron chi connectivity index (χ4n) is 1.39. The quantitative estimate of drug-likeness (QED) is 0.611. The molecule has 0 bridgehead atoms. The van der Waals surface area contributed by atoms with E-state index in [1.165, 1.54) is 19.2 Å². The van der Waals surface area contributed by atoms with Gasteiger partial charge in [0.1, 0.15) is 11.8 Å². The molecule has 4 nitrogen and oxygen atoms in total. The molecule has 0 heterocycles. The molecule has 0 aliphatic rings. The molecule has 0 aromatic heterocycles. The number of carbonyl (C=O) groups excluding carboxylic acids is 1. The molecule has 0 aliphatic heterocycles. The Kier molecular flexibility index (Phi) is 4.80. The number of hydrogen-bond acceptors (Lipinski definition) is 4. The minimum Gasteiger partial charge on any atom is -0.496 e. The molecule has 5 heteroatoms. The summed E-state index contributed by atoms with van der Waals surface area (Å²) in [7, 11) is 1.48. The zero-order valence-electron chi connectivity index (χ0n) is 9.62. The van der Waals surface area contributed by atoms with Gasteiger partial charge in [0.05, 0.1) is 30.7 Å². The summed E-state index contributed by atoms with van der Waals surface area (Å²) in [6.07, 6.45) is 0. The predicted octanol–water partition coefficient (Wildman–Crippen LogP) is 2.48. The van der Waals surface area contributed by atoms with E-state index < -0.39 is 5.97 Å². The van der Waals surface area contributed by atoms with Gasteiger partial charge in [-0.2, -0.15) is 5.26 Å². The maximum absolute atomic E-state index is 11.6.